The van der Waals surface area contributed by atoms with Crippen LogP contribution < -0.4 is 0 Å². The van der Waals surface area contributed by atoms with E-state index in [1.165, 1.54) is 0 Å². The Labute approximate surface area is 100 Å². The van der Waals surface area contributed by atoms with Gasteiger partial charge in [0.25, 0.3) is 0 Å². The number of rotatable bonds is 4. The number of hydrogen-bond acceptors (Lipinski definition) is 2. The molecule has 0 amide bonds. The summed E-state index contributed by atoms with van der Waals surface area (Å²) in [7, 11) is 0. The molecule has 102 valence electrons. The van der Waals surface area contributed by atoms with Crippen LogP contribution >= 0.6 is 0 Å². The molecular weight excluding hydrogens is 256 g/mol. The highest BCUT2D eigenvalue weighted by atomic mass is 19.4. The van der Waals surface area contributed by atoms with Crippen LogP contribution in [0.2, 0.25) is 0 Å². The lowest BCUT2D eigenvalue weighted by atomic mass is 10.1. The van der Waals surface area contributed by atoms with Crippen molar-refractivity contribution in [2.45, 2.75) is 26.4 Å². The maximum Gasteiger partial charge on any atom is 0.396 e. The molecule has 0 saturated heterocycles. The molecule has 0 aromatic rings. The van der Waals surface area contributed by atoms with Crippen LogP contribution in [-0.2, 0) is 9.59 Å². The molecule has 0 heterocycles. The second kappa shape index (κ2) is 4.37. The molecule has 2 unspecified atom stereocenters. The van der Waals surface area contributed by atoms with E-state index in [2.05, 4.69) is 0 Å². The smallest absolute Gasteiger partial charge is 0.396 e. The van der Waals surface area contributed by atoms with E-state index in [-0.39, 0.29) is 0 Å². The molecule has 0 radical (unpaired) electrons. The highest BCUT2D eigenvalue weighted by Gasteiger charge is 2.61. The normalized spacial score (nSPS) is 26.9. The molecule has 1 N–H and O–H groups in total. The van der Waals surface area contributed by atoms with Crippen LogP contribution in [0.1, 0.15) is 20.3 Å². The van der Waals surface area contributed by atoms with Gasteiger partial charge in [0, 0.05) is 0 Å². The summed E-state index contributed by atoms with van der Waals surface area (Å²) in [5.41, 5.74) is -0.748. The number of carboxylic acid groups (broad SMARTS) is 1. The van der Waals surface area contributed by atoms with Crippen molar-refractivity contribution in [3.8, 4) is 0 Å². The van der Waals surface area contributed by atoms with Gasteiger partial charge in [0.2, 0.25) is 0 Å². The number of ketones is 1. The molecule has 0 aliphatic heterocycles. The van der Waals surface area contributed by atoms with Crippen molar-refractivity contribution < 1.29 is 32.3 Å². The molecule has 1 aliphatic carbocycles. The molecule has 0 aromatic carbocycles. The average Bonchev–Trinajstić information content (AvgIpc) is 2.64. The summed E-state index contributed by atoms with van der Waals surface area (Å²) in [5.74, 6) is -5.98. The number of hydrogen-bond donors (Lipinski definition) is 1. The fraction of sp³-hybridized carbons (Fsp3) is 0.636. The quantitative estimate of drug-likeness (QED) is 0.630. The molecule has 1 saturated carbocycles. The molecular formula is C11H12F4O3. The Bertz CT molecular complexity index is 409. The second-order valence-electron chi connectivity index (χ2n) is 4.89. The van der Waals surface area contributed by atoms with E-state index in [0.29, 0.717) is 6.08 Å². The molecule has 1 aliphatic rings. The molecule has 0 spiro atoms. The summed E-state index contributed by atoms with van der Waals surface area (Å²) < 4.78 is 48.8. The molecule has 0 bridgehead atoms. The van der Waals surface area contributed by atoms with Crippen LogP contribution in [0, 0.1) is 17.3 Å². The van der Waals surface area contributed by atoms with Gasteiger partial charge in [-0.2, -0.15) is 13.2 Å². The summed E-state index contributed by atoms with van der Waals surface area (Å²) in [4.78, 5) is 21.6. The number of carbonyl (C=O) groups is 2. The third-order valence-electron chi connectivity index (χ3n) is 3.13. The van der Waals surface area contributed by atoms with E-state index in [1.54, 1.807) is 13.8 Å². The maximum atomic E-state index is 13.2. The largest absolute Gasteiger partial charge is 0.481 e. The molecule has 1 rings (SSSR count). The number of carboxylic acids is 1. The van der Waals surface area contributed by atoms with Crippen molar-refractivity contribution in [2.24, 2.45) is 17.3 Å². The molecule has 0 aromatic heterocycles. The zero-order chi connectivity index (χ0) is 14.3. The number of halogens is 4. The van der Waals surface area contributed by atoms with Crippen molar-refractivity contribution in [1.82, 2.24) is 0 Å². The Balaban J connectivity index is 2.74. The average molecular weight is 268 g/mol. The zero-order valence-electron chi connectivity index (χ0n) is 9.71. The van der Waals surface area contributed by atoms with Crippen LogP contribution in [0.25, 0.3) is 0 Å². The van der Waals surface area contributed by atoms with Gasteiger partial charge in [0.15, 0.2) is 11.6 Å². The SMILES string of the molecule is CC1(C)C(/C=C(\F)C(=O)CC(F)(F)F)C1C(=O)O. The van der Waals surface area contributed by atoms with E-state index in [0.717, 1.165) is 0 Å². The van der Waals surface area contributed by atoms with Gasteiger partial charge in [0.05, 0.1) is 5.92 Å². The molecule has 2 atom stereocenters. The fourth-order valence-electron chi connectivity index (χ4n) is 1.98. The summed E-state index contributed by atoms with van der Waals surface area (Å²) >= 11 is 0. The minimum atomic E-state index is -4.77. The van der Waals surface area contributed by atoms with Crippen molar-refractivity contribution in [3.05, 3.63) is 11.9 Å². The van der Waals surface area contributed by atoms with Gasteiger partial charge < -0.3 is 5.11 Å². The van der Waals surface area contributed by atoms with Crippen molar-refractivity contribution >= 4 is 11.8 Å². The van der Waals surface area contributed by atoms with Crippen molar-refractivity contribution in [2.75, 3.05) is 0 Å². The maximum absolute atomic E-state index is 13.2. The molecule has 18 heavy (non-hydrogen) atoms. The van der Waals surface area contributed by atoms with E-state index >= 15 is 0 Å². The van der Waals surface area contributed by atoms with E-state index in [4.69, 9.17) is 5.11 Å². The second-order valence-corrected chi connectivity index (χ2v) is 4.89. The summed E-state index contributed by atoms with van der Waals surface area (Å²) in [5, 5.41) is 8.78. The predicted molar refractivity (Wildman–Crippen MR) is 53.3 cm³/mol. The monoisotopic (exact) mass is 268 g/mol. The third-order valence-corrected chi connectivity index (χ3v) is 3.13. The van der Waals surface area contributed by atoms with Crippen LogP contribution in [-0.4, -0.2) is 23.0 Å². The topological polar surface area (TPSA) is 54.4 Å². The van der Waals surface area contributed by atoms with E-state index < -0.39 is 47.4 Å². The minimum absolute atomic E-state index is 0.687. The third kappa shape index (κ3) is 3.08. The van der Waals surface area contributed by atoms with Gasteiger partial charge >= 0.3 is 12.1 Å². The van der Waals surface area contributed by atoms with E-state index in [1.807, 2.05) is 0 Å². The zero-order valence-corrected chi connectivity index (χ0v) is 9.71. The Morgan fingerprint density at radius 3 is 2.17 bits per heavy atom. The van der Waals surface area contributed by atoms with Gasteiger partial charge in [-0.15, -0.1) is 0 Å². The highest BCUT2D eigenvalue weighted by Crippen LogP contribution is 2.59. The number of carbonyl (C=O) groups excluding carboxylic acids is 1. The first kappa shape index (κ1) is 14.7. The Kier molecular flexibility index (Phi) is 3.56. The van der Waals surface area contributed by atoms with E-state index in [9.17, 15) is 27.2 Å². The van der Waals surface area contributed by atoms with Gasteiger partial charge in [0.1, 0.15) is 6.42 Å². The lowest BCUT2D eigenvalue weighted by Crippen LogP contribution is -2.15. The minimum Gasteiger partial charge on any atom is -0.481 e. The summed E-state index contributed by atoms with van der Waals surface area (Å²) in [6.45, 7) is 3.10. The number of Topliss-reactive ketones (excluding diaryl/α,β-unsaturated/α-hetero) is 1. The standard InChI is InChI=1S/C11H12F4O3/c1-10(2)5(8(10)9(17)18)3-6(12)7(16)4-11(13,14)15/h3,5,8H,4H2,1-2H3,(H,17,18)/b6-3-. The molecule has 3 nitrogen and oxygen atoms in total. The highest BCUT2D eigenvalue weighted by molar-refractivity contribution is 5.94. The lowest BCUT2D eigenvalue weighted by Gasteiger charge is -2.03. The first-order chi connectivity index (χ1) is 7.97. The Morgan fingerprint density at radius 1 is 1.33 bits per heavy atom. The Hall–Kier alpha value is -1.40. The van der Waals surface area contributed by atoms with Crippen LogP contribution in [0.5, 0.6) is 0 Å². The Morgan fingerprint density at radius 2 is 1.83 bits per heavy atom. The molecule has 7 heteroatoms. The fourth-order valence-corrected chi connectivity index (χ4v) is 1.98. The first-order valence-corrected chi connectivity index (χ1v) is 5.17. The molecule has 1 fully saturated rings. The van der Waals surface area contributed by atoms with Gasteiger partial charge in [-0.25, -0.2) is 4.39 Å². The number of aliphatic carboxylic acids is 1. The van der Waals surface area contributed by atoms with Gasteiger partial charge in [-0.05, 0) is 17.4 Å². The van der Waals surface area contributed by atoms with Crippen LogP contribution in [0.4, 0.5) is 17.6 Å². The summed E-state index contributed by atoms with van der Waals surface area (Å²) in [6, 6.07) is 0. The van der Waals surface area contributed by atoms with Gasteiger partial charge in [-0.1, -0.05) is 13.8 Å². The first-order valence-electron chi connectivity index (χ1n) is 5.17. The summed E-state index contributed by atoms with van der Waals surface area (Å²) in [6.07, 6.45) is -5.96. The van der Waals surface area contributed by atoms with Gasteiger partial charge in [-0.3, -0.25) is 9.59 Å². The lowest BCUT2D eigenvalue weighted by molar-refractivity contribution is -0.150. The predicted octanol–water partition coefficient (Wildman–Crippen LogP) is 2.72. The number of alkyl halides is 3. The number of allylic oxidation sites excluding steroid dienone is 2. The van der Waals surface area contributed by atoms with Crippen LogP contribution in [0.15, 0.2) is 11.9 Å². The van der Waals surface area contributed by atoms with Crippen molar-refractivity contribution in [1.29, 1.82) is 0 Å². The van der Waals surface area contributed by atoms with Crippen molar-refractivity contribution in [3.63, 3.8) is 0 Å². The van der Waals surface area contributed by atoms with Crippen LogP contribution in [0.3, 0.4) is 0 Å².